The van der Waals surface area contributed by atoms with Gasteiger partial charge in [0, 0.05) is 0 Å². The molecule has 0 aliphatic rings. The number of nitrogens with two attached hydrogens (primary N) is 1. The maximum absolute atomic E-state index is 10.7. The van der Waals surface area contributed by atoms with Gasteiger partial charge in [0.25, 0.3) is 0 Å². The first-order chi connectivity index (χ1) is 7.86. The van der Waals surface area contributed by atoms with Crippen molar-refractivity contribution in [3.63, 3.8) is 0 Å². The van der Waals surface area contributed by atoms with E-state index in [4.69, 9.17) is 10.5 Å². The van der Waals surface area contributed by atoms with Crippen molar-refractivity contribution in [2.75, 3.05) is 0 Å². The average molecular weight is 239 g/mol. The summed E-state index contributed by atoms with van der Waals surface area (Å²) in [6.07, 6.45) is 4.32. The molecule has 0 aliphatic carbocycles. The molecule has 0 radical (unpaired) electrons. The van der Waals surface area contributed by atoms with Crippen LogP contribution in [0.15, 0.2) is 35.1 Å². The Hall–Kier alpha value is -1.55. The van der Waals surface area contributed by atoms with Crippen LogP contribution in [0, 0.1) is 0 Å². The van der Waals surface area contributed by atoms with Gasteiger partial charge in [-0.05, 0) is 44.9 Å². The topological polar surface area (TPSA) is 72.5 Å². The molecule has 0 bridgehead atoms. The van der Waals surface area contributed by atoms with E-state index >= 15 is 0 Å². The summed E-state index contributed by atoms with van der Waals surface area (Å²) in [5.41, 5.74) is 6.82. The molecular formula is C13H21NO3. The maximum Gasteiger partial charge on any atom is 0.409 e. The number of allylic oxidation sites excluding steroid dienone is 4. The summed E-state index contributed by atoms with van der Waals surface area (Å²) in [6.45, 7) is 7.44. The summed E-state index contributed by atoms with van der Waals surface area (Å²) < 4.78 is 4.85. The molecule has 1 amide bonds. The van der Waals surface area contributed by atoms with Gasteiger partial charge >= 0.3 is 6.09 Å². The van der Waals surface area contributed by atoms with Crippen LogP contribution in [-0.2, 0) is 4.74 Å². The van der Waals surface area contributed by atoms with Crippen LogP contribution in [0.2, 0.25) is 0 Å². The number of aliphatic hydroxyl groups excluding tert-OH is 1. The van der Waals surface area contributed by atoms with E-state index in [1.54, 1.807) is 19.1 Å². The van der Waals surface area contributed by atoms with Crippen molar-refractivity contribution in [2.24, 2.45) is 5.73 Å². The smallest absolute Gasteiger partial charge is 0.409 e. The monoisotopic (exact) mass is 239 g/mol. The predicted molar refractivity (Wildman–Crippen MR) is 68.2 cm³/mol. The lowest BCUT2D eigenvalue weighted by atomic mass is 10.1. The SMILES string of the molecule is CC/C(=C\C(=C/C=C(C)C)OC(N)=O)C(C)O. The summed E-state index contributed by atoms with van der Waals surface area (Å²) in [5, 5.41) is 9.49. The van der Waals surface area contributed by atoms with E-state index in [0.717, 1.165) is 11.1 Å². The lowest BCUT2D eigenvalue weighted by Gasteiger charge is -2.09. The number of carbonyl (C=O) groups is 1. The van der Waals surface area contributed by atoms with E-state index in [1.807, 2.05) is 26.8 Å². The molecule has 17 heavy (non-hydrogen) atoms. The zero-order valence-electron chi connectivity index (χ0n) is 10.9. The van der Waals surface area contributed by atoms with Crippen molar-refractivity contribution in [2.45, 2.75) is 40.2 Å². The molecule has 0 spiro atoms. The quantitative estimate of drug-likeness (QED) is 0.572. The fourth-order valence-corrected chi connectivity index (χ4v) is 1.18. The molecule has 0 saturated heterocycles. The standard InChI is InChI=1S/C13H21NO3/c1-5-11(10(4)15)8-12(17-13(14)16)7-6-9(2)3/h6-8,10,15H,5H2,1-4H3,(H2,14,16)/b11-8+,12-7+. The number of hydrogen-bond donors (Lipinski definition) is 2. The van der Waals surface area contributed by atoms with Crippen molar-refractivity contribution >= 4 is 6.09 Å². The largest absolute Gasteiger partial charge is 0.411 e. The van der Waals surface area contributed by atoms with E-state index in [9.17, 15) is 9.90 Å². The van der Waals surface area contributed by atoms with Gasteiger partial charge in [-0.25, -0.2) is 4.79 Å². The first kappa shape index (κ1) is 15.4. The van der Waals surface area contributed by atoms with Gasteiger partial charge < -0.3 is 15.6 Å². The minimum atomic E-state index is -0.865. The van der Waals surface area contributed by atoms with Crippen molar-refractivity contribution in [1.82, 2.24) is 0 Å². The molecule has 0 rings (SSSR count). The summed E-state index contributed by atoms with van der Waals surface area (Å²) >= 11 is 0. The Morgan fingerprint density at radius 1 is 1.41 bits per heavy atom. The highest BCUT2D eigenvalue weighted by atomic mass is 16.5. The van der Waals surface area contributed by atoms with Gasteiger partial charge in [0.05, 0.1) is 6.10 Å². The summed E-state index contributed by atoms with van der Waals surface area (Å²) in [4.78, 5) is 10.7. The third-order valence-electron chi connectivity index (χ3n) is 2.07. The lowest BCUT2D eigenvalue weighted by Crippen LogP contribution is -2.13. The Morgan fingerprint density at radius 2 is 2.00 bits per heavy atom. The number of aliphatic hydroxyl groups is 1. The second-order valence-electron chi connectivity index (χ2n) is 3.98. The second kappa shape index (κ2) is 7.68. The van der Waals surface area contributed by atoms with Crippen LogP contribution in [0.25, 0.3) is 0 Å². The fraction of sp³-hybridized carbons (Fsp3) is 0.462. The Morgan fingerprint density at radius 3 is 2.35 bits per heavy atom. The minimum absolute atomic E-state index is 0.330. The Balaban J connectivity index is 5.11. The van der Waals surface area contributed by atoms with Crippen LogP contribution in [0.4, 0.5) is 4.79 Å². The van der Waals surface area contributed by atoms with Gasteiger partial charge in [-0.1, -0.05) is 18.6 Å². The molecule has 1 unspecified atom stereocenters. The van der Waals surface area contributed by atoms with Gasteiger partial charge in [-0.3, -0.25) is 0 Å². The molecule has 0 aromatic carbocycles. The van der Waals surface area contributed by atoms with Crippen molar-refractivity contribution in [1.29, 1.82) is 0 Å². The maximum atomic E-state index is 10.7. The third-order valence-corrected chi connectivity index (χ3v) is 2.07. The highest BCUT2D eigenvalue weighted by molar-refractivity contribution is 5.66. The van der Waals surface area contributed by atoms with Gasteiger partial charge in [-0.15, -0.1) is 0 Å². The normalized spacial score (nSPS) is 14.2. The molecule has 0 aromatic rings. The molecule has 0 aromatic heterocycles. The first-order valence-corrected chi connectivity index (χ1v) is 5.57. The molecule has 0 aliphatic heterocycles. The highest BCUT2D eigenvalue weighted by Gasteiger charge is 2.05. The molecular weight excluding hydrogens is 218 g/mol. The van der Waals surface area contributed by atoms with Gasteiger partial charge in [0.1, 0.15) is 5.76 Å². The van der Waals surface area contributed by atoms with E-state index in [2.05, 4.69) is 0 Å². The summed E-state index contributed by atoms with van der Waals surface area (Å²) in [5.74, 6) is 0.330. The second-order valence-corrected chi connectivity index (χ2v) is 3.98. The van der Waals surface area contributed by atoms with Crippen LogP contribution >= 0.6 is 0 Å². The zero-order chi connectivity index (χ0) is 13.4. The summed E-state index contributed by atoms with van der Waals surface area (Å²) in [6, 6.07) is 0. The Labute approximate surface area is 102 Å². The first-order valence-electron chi connectivity index (χ1n) is 5.57. The fourth-order valence-electron chi connectivity index (χ4n) is 1.18. The van der Waals surface area contributed by atoms with E-state index < -0.39 is 12.2 Å². The molecule has 0 fully saturated rings. The van der Waals surface area contributed by atoms with Crippen LogP contribution in [0.1, 0.15) is 34.1 Å². The van der Waals surface area contributed by atoms with Gasteiger partial charge in [0.2, 0.25) is 0 Å². The van der Waals surface area contributed by atoms with E-state index in [0.29, 0.717) is 12.2 Å². The van der Waals surface area contributed by atoms with Crippen molar-refractivity contribution in [3.8, 4) is 0 Å². The number of carbonyl (C=O) groups excluding carboxylic acids is 1. The Kier molecular flexibility index (Phi) is 6.98. The van der Waals surface area contributed by atoms with Crippen molar-refractivity contribution in [3.05, 3.63) is 35.1 Å². The number of hydrogen-bond acceptors (Lipinski definition) is 3. The van der Waals surface area contributed by atoms with E-state index in [1.165, 1.54) is 0 Å². The van der Waals surface area contributed by atoms with Crippen LogP contribution in [0.3, 0.4) is 0 Å². The van der Waals surface area contributed by atoms with E-state index in [-0.39, 0.29) is 0 Å². The van der Waals surface area contributed by atoms with Gasteiger partial charge in [0.15, 0.2) is 0 Å². The third kappa shape index (κ3) is 7.36. The molecule has 1 atom stereocenters. The van der Waals surface area contributed by atoms with Crippen LogP contribution in [-0.4, -0.2) is 17.3 Å². The van der Waals surface area contributed by atoms with Crippen molar-refractivity contribution < 1.29 is 14.6 Å². The number of rotatable bonds is 5. The lowest BCUT2D eigenvalue weighted by molar-refractivity contribution is 0.189. The summed E-state index contributed by atoms with van der Waals surface area (Å²) in [7, 11) is 0. The molecule has 96 valence electrons. The number of amides is 1. The van der Waals surface area contributed by atoms with Crippen LogP contribution in [0.5, 0.6) is 0 Å². The molecule has 0 saturated carbocycles. The van der Waals surface area contributed by atoms with Gasteiger partial charge in [-0.2, -0.15) is 0 Å². The molecule has 4 heteroatoms. The minimum Gasteiger partial charge on any atom is -0.411 e. The Bertz CT molecular complexity index is 348. The average Bonchev–Trinajstić information content (AvgIpc) is 2.20. The molecule has 4 nitrogen and oxygen atoms in total. The van der Waals surface area contributed by atoms with Crippen LogP contribution < -0.4 is 5.73 Å². The zero-order valence-corrected chi connectivity index (χ0v) is 10.9. The highest BCUT2D eigenvalue weighted by Crippen LogP contribution is 2.12. The number of ether oxygens (including phenoxy) is 1. The molecule has 0 heterocycles. The number of primary amides is 1. The predicted octanol–water partition coefficient (Wildman–Crippen LogP) is 2.65. The molecule has 3 N–H and O–H groups in total.